The van der Waals surface area contributed by atoms with Gasteiger partial charge in [-0.1, -0.05) is 24.4 Å². The monoisotopic (exact) mass is 447 g/mol. The van der Waals surface area contributed by atoms with Gasteiger partial charge in [0, 0.05) is 30.1 Å². The third-order valence-electron chi connectivity index (χ3n) is 6.01. The minimum atomic E-state index is -0.182. The zero-order valence-corrected chi connectivity index (χ0v) is 18.4. The first-order chi connectivity index (χ1) is 14.6. The van der Waals surface area contributed by atoms with Crippen LogP contribution in [0.2, 0.25) is 5.02 Å². The largest absolute Gasteiger partial charge is 0.493 e. The molecule has 0 radical (unpaired) electrons. The fourth-order valence-corrected chi connectivity index (χ4v) is 5.18. The number of amides is 2. The van der Waals surface area contributed by atoms with Crippen LogP contribution in [0.15, 0.2) is 29.9 Å². The van der Waals surface area contributed by atoms with Gasteiger partial charge < -0.3 is 15.0 Å². The number of benzene rings is 1. The number of hydrogen-bond acceptors (Lipinski definition) is 5. The quantitative estimate of drug-likeness (QED) is 0.703. The van der Waals surface area contributed by atoms with Gasteiger partial charge in [0.05, 0.1) is 23.9 Å². The number of likely N-dealkylation sites (tertiary alicyclic amines) is 1. The van der Waals surface area contributed by atoms with Gasteiger partial charge in [-0.2, -0.15) is 0 Å². The fraction of sp³-hybridized carbons (Fsp3) is 0.500. The van der Waals surface area contributed by atoms with Crippen LogP contribution in [0.4, 0.5) is 0 Å². The first-order valence-corrected chi connectivity index (χ1v) is 11.7. The molecule has 2 aliphatic rings. The molecular weight excluding hydrogens is 422 g/mol. The van der Waals surface area contributed by atoms with E-state index in [0.29, 0.717) is 40.9 Å². The Labute approximate surface area is 185 Å². The van der Waals surface area contributed by atoms with E-state index in [1.54, 1.807) is 29.9 Å². The minimum absolute atomic E-state index is 0.0412. The number of thiazole rings is 1. The van der Waals surface area contributed by atoms with Gasteiger partial charge in [0.1, 0.15) is 10.6 Å². The van der Waals surface area contributed by atoms with Crippen LogP contribution in [0, 0.1) is 5.41 Å². The van der Waals surface area contributed by atoms with Crippen molar-refractivity contribution in [3.05, 3.63) is 45.4 Å². The lowest BCUT2D eigenvalue weighted by atomic mass is 9.75. The minimum Gasteiger partial charge on any atom is -0.493 e. The Kier molecular flexibility index (Phi) is 6.58. The van der Waals surface area contributed by atoms with Gasteiger partial charge in [0.25, 0.3) is 11.8 Å². The molecule has 160 valence electrons. The van der Waals surface area contributed by atoms with Crippen molar-refractivity contribution in [1.82, 2.24) is 15.2 Å². The summed E-state index contributed by atoms with van der Waals surface area (Å²) in [5.41, 5.74) is 2.03. The van der Waals surface area contributed by atoms with E-state index in [0.717, 1.165) is 45.1 Å². The molecular formula is C22H26ClN3O3S. The maximum Gasteiger partial charge on any atom is 0.265 e. The van der Waals surface area contributed by atoms with Gasteiger partial charge in [-0.25, -0.2) is 0 Å². The number of rotatable bonds is 1. The third kappa shape index (κ3) is 4.78. The Morgan fingerprint density at radius 2 is 2.10 bits per heavy atom. The summed E-state index contributed by atoms with van der Waals surface area (Å²) in [6, 6.07) is 5.16. The molecule has 4 rings (SSSR count). The molecule has 2 aliphatic heterocycles. The van der Waals surface area contributed by atoms with Crippen molar-refractivity contribution in [2.45, 2.75) is 38.5 Å². The molecule has 1 unspecified atom stereocenters. The Balaban J connectivity index is 1.54. The van der Waals surface area contributed by atoms with Gasteiger partial charge in [-0.15, -0.1) is 11.3 Å². The van der Waals surface area contributed by atoms with Gasteiger partial charge in [0.15, 0.2) is 0 Å². The number of piperidine rings is 1. The molecule has 2 amide bonds. The molecule has 1 spiro atoms. The summed E-state index contributed by atoms with van der Waals surface area (Å²) in [6.45, 7) is 2.51. The van der Waals surface area contributed by atoms with Crippen molar-refractivity contribution in [2.24, 2.45) is 5.41 Å². The normalized spacial score (nSPS) is 23.0. The summed E-state index contributed by atoms with van der Waals surface area (Å²) < 4.78 is 5.84. The molecule has 1 atom stereocenters. The number of ether oxygens (including phenoxy) is 1. The second-order valence-corrected chi connectivity index (χ2v) is 9.50. The molecule has 6 nitrogen and oxygen atoms in total. The van der Waals surface area contributed by atoms with Gasteiger partial charge >= 0.3 is 0 Å². The topological polar surface area (TPSA) is 71.5 Å². The average molecular weight is 448 g/mol. The van der Waals surface area contributed by atoms with E-state index in [2.05, 4.69) is 10.3 Å². The molecule has 8 heteroatoms. The molecule has 0 bridgehead atoms. The van der Waals surface area contributed by atoms with E-state index in [9.17, 15) is 9.59 Å². The number of aromatic nitrogens is 1. The van der Waals surface area contributed by atoms with Gasteiger partial charge in [-0.05, 0) is 43.9 Å². The zero-order valence-electron chi connectivity index (χ0n) is 16.9. The van der Waals surface area contributed by atoms with Crippen LogP contribution in [0.1, 0.15) is 58.6 Å². The van der Waals surface area contributed by atoms with Crippen LogP contribution < -0.4 is 10.1 Å². The number of nitrogens with zero attached hydrogens (tertiary/aromatic N) is 2. The van der Waals surface area contributed by atoms with Crippen molar-refractivity contribution < 1.29 is 14.3 Å². The summed E-state index contributed by atoms with van der Waals surface area (Å²) >= 11 is 7.50. The number of carbonyl (C=O) groups is 2. The Bertz CT molecular complexity index is 905. The predicted octanol–water partition coefficient (Wildman–Crippen LogP) is 4.40. The molecule has 3 heterocycles. The van der Waals surface area contributed by atoms with Crippen molar-refractivity contribution in [3.63, 3.8) is 0 Å². The van der Waals surface area contributed by atoms with Crippen molar-refractivity contribution in [3.8, 4) is 5.75 Å². The van der Waals surface area contributed by atoms with E-state index in [-0.39, 0.29) is 17.2 Å². The lowest BCUT2D eigenvalue weighted by molar-refractivity contribution is 0.0472. The third-order valence-corrected chi connectivity index (χ3v) is 7.01. The highest BCUT2D eigenvalue weighted by molar-refractivity contribution is 7.11. The standard InChI is InChI=1S/C22H26ClN3O3S/c23-16-5-6-18-17(11-16)20(27)25-13-22(7-2-1-3-10-29-18)8-4-9-26(14-22)21(28)19-12-24-15-30-19/h5-6,11-12,15H,1-4,7-10,13-14H2,(H,25,27). The number of fused-ring (bicyclic) bond motifs is 1. The predicted molar refractivity (Wildman–Crippen MR) is 117 cm³/mol. The molecule has 0 saturated carbocycles. The highest BCUT2D eigenvalue weighted by Crippen LogP contribution is 2.36. The first kappa shape index (κ1) is 21.1. The maximum absolute atomic E-state index is 13.0. The van der Waals surface area contributed by atoms with Gasteiger partial charge in [-0.3, -0.25) is 14.6 Å². The molecule has 0 aliphatic carbocycles. The Hall–Kier alpha value is -2.12. The summed E-state index contributed by atoms with van der Waals surface area (Å²) in [4.78, 5) is 32.5. The first-order valence-electron chi connectivity index (χ1n) is 10.4. The summed E-state index contributed by atoms with van der Waals surface area (Å²) in [5, 5.41) is 3.62. The van der Waals surface area contributed by atoms with E-state index in [1.807, 2.05) is 4.90 Å². The van der Waals surface area contributed by atoms with Crippen LogP contribution in [0.5, 0.6) is 5.75 Å². The molecule has 30 heavy (non-hydrogen) atoms. The van der Waals surface area contributed by atoms with Crippen LogP contribution in [0.25, 0.3) is 0 Å². The van der Waals surface area contributed by atoms with E-state index < -0.39 is 0 Å². The van der Waals surface area contributed by atoms with Crippen molar-refractivity contribution >= 4 is 34.8 Å². The Morgan fingerprint density at radius 1 is 1.23 bits per heavy atom. The Morgan fingerprint density at radius 3 is 2.93 bits per heavy atom. The molecule has 1 aromatic carbocycles. The maximum atomic E-state index is 13.0. The van der Waals surface area contributed by atoms with Crippen LogP contribution >= 0.6 is 22.9 Å². The van der Waals surface area contributed by atoms with E-state index in [4.69, 9.17) is 16.3 Å². The summed E-state index contributed by atoms with van der Waals surface area (Å²) in [5.74, 6) is 0.426. The van der Waals surface area contributed by atoms with Crippen LogP contribution in [-0.2, 0) is 0 Å². The van der Waals surface area contributed by atoms with E-state index in [1.165, 1.54) is 11.3 Å². The van der Waals surface area contributed by atoms with Crippen molar-refractivity contribution in [2.75, 3.05) is 26.2 Å². The number of halogens is 1. The van der Waals surface area contributed by atoms with Gasteiger partial charge in [0.2, 0.25) is 0 Å². The summed E-state index contributed by atoms with van der Waals surface area (Å²) in [6.07, 6.45) is 7.59. The number of nitrogens with one attached hydrogen (secondary N) is 1. The van der Waals surface area contributed by atoms with Crippen LogP contribution in [0.3, 0.4) is 0 Å². The second-order valence-electron chi connectivity index (χ2n) is 8.18. The lowest BCUT2D eigenvalue weighted by Gasteiger charge is -2.43. The SMILES string of the molecule is O=C1NCC2(CCCCCOc3ccc(Cl)cc31)CCCN(C(=O)c1cncs1)C2. The lowest BCUT2D eigenvalue weighted by Crippen LogP contribution is -2.51. The molecule has 2 aromatic rings. The number of hydrogen-bond donors (Lipinski definition) is 1. The second kappa shape index (κ2) is 9.35. The van der Waals surface area contributed by atoms with E-state index >= 15 is 0 Å². The summed E-state index contributed by atoms with van der Waals surface area (Å²) in [7, 11) is 0. The highest BCUT2D eigenvalue weighted by Gasteiger charge is 2.38. The molecule has 1 fully saturated rings. The molecule has 1 aromatic heterocycles. The fourth-order valence-electron chi connectivity index (χ4n) is 4.42. The van der Waals surface area contributed by atoms with Crippen molar-refractivity contribution in [1.29, 1.82) is 0 Å². The highest BCUT2D eigenvalue weighted by atomic mass is 35.5. The average Bonchev–Trinajstić information content (AvgIpc) is 3.29. The zero-order chi connectivity index (χ0) is 21.0. The molecule has 1 N–H and O–H groups in total. The number of carbonyl (C=O) groups excluding carboxylic acids is 2. The van der Waals surface area contributed by atoms with Crippen LogP contribution in [-0.4, -0.2) is 47.9 Å². The molecule has 1 saturated heterocycles. The smallest absolute Gasteiger partial charge is 0.265 e.